The molecule has 0 saturated heterocycles. The molecule has 0 radical (unpaired) electrons. The van der Waals surface area contributed by atoms with Gasteiger partial charge in [0.1, 0.15) is 0 Å². The largest absolute Gasteiger partial charge is 0.353 e. The lowest BCUT2D eigenvalue weighted by molar-refractivity contribution is -0.125. The highest BCUT2D eigenvalue weighted by molar-refractivity contribution is 5.78. The molecule has 0 aromatic rings. The zero-order valence-electron chi connectivity index (χ0n) is 10.5. The van der Waals surface area contributed by atoms with Gasteiger partial charge in [0.2, 0.25) is 5.91 Å². The maximum Gasteiger partial charge on any atom is 0.223 e. The molecule has 0 aliphatic rings. The summed E-state index contributed by atoms with van der Waals surface area (Å²) in [5.41, 5.74) is 5.43. The fourth-order valence-electron chi connectivity index (χ4n) is 1.86. The van der Waals surface area contributed by atoms with Crippen LogP contribution in [-0.2, 0) is 4.79 Å². The first kappa shape index (κ1) is 14.4. The molecule has 0 rings (SSSR count). The Morgan fingerprint density at radius 1 is 1.27 bits per heavy atom. The molecule has 3 heteroatoms. The minimum Gasteiger partial charge on any atom is -0.353 e. The van der Waals surface area contributed by atoms with Crippen molar-refractivity contribution in [2.75, 3.05) is 6.54 Å². The first-order chi connectivity index (χ1) is 7.06. The lowest BCUT2D eigenvalue weighted by Gasteiger charge is -2.24. The molecular weight excluding hydrogens is 188 g/mol. The van der Waals surface area contributed by atoms with Crippen LogP contribution in [-0.4, -0.2) is 18.5 Å². The second-order valence-corrected chi connectivity index (χ2v) is 4.35. The number of rotatable bonds is 7. The highest BCUT2D eigenvalue weighted by atomic mass is 16.1. The van der Waals surface area contributed by atoms with Crippen LogP contribution in [0.15, 0.2) is 0 Å². The van der Waals surface area contributed by atoms with E-state index >= 15 is 0 Å². The van der Waals surface area contributed by atoms with Gasteiger partial charge in [-0.1, -0.05) is 33.6 Å². The van der Waals surface area contributed by atoms with Crippen molar-refractivity contribution in [3.05, 3.63) is 0 Å². The fourth-order valence-corrected chi connectivity index (χ4v) is 1.86. The van der Waals surface area contributed by atoms with Crippen LogP contribution in [0.1, 0.15) is 47.0 Å². The van der Waals surface area contributed by atoms with Gasteiger partial charge in [-0.2, -0.15) is 0 Å². The molecule has 0 spiro atoms. The van der Waals surface area contributed by atoms with E-state index in [4.69, 9.17) is 5.73 Å². The Kier molecular flexibility index (Phi) is 7.39. The van der Waals surface area contributed by atoms with Gasteiger partial charge in [0.25, 0.3) is 0 Å². The maximum absolute atomic E-state index is 11.7. The molecule has 3 nitrogen and oxygen atoms in total. The van der Waals surface area contributed by atoms with Gasteiger partial charge in [-0.15, -0.1) is 0 Å². The van der Waals surface area contributed by atoms with Crippen LogP contribution in [0.3, 0.4) is 0 Å². The van der Waals surface area contributed by atoms with Crippen LogP contribution >= 0.6 is 0 Å². The summed E-state index contributed by atoms with van der Waals surface area (Å²) in [4.78, 5) is 11.7. The van der Waals surface area contributed by atoms with E-state index in [0.717, 1.165) is 19.3 Å². The van der Waals surface area contributed by atoms with E-state index in [-0.39, 0.29) is 17.9 Å². The summed E-state index contributed by atoms with van der Waals surface area (Å²) < 4.78 is 0. The van der Waals surface area contributed by atoms with Crippen LogP contribution in [0, 0.1) is 11.8 Å². The number of nitrogens with one attached hydrogen (secondary N) is 1. The third-order valence-corrected chi connectivity index (χ3v) is 3.17. The third-order valence-electron chi connectivity index (χ3n) is 3.17. The molecule has 90 valence electrons. The number of hydrogen-bond acceptors (Lipinski definition) is 2. The Bertz CT molecular complexity index is 178. The Morgan fingerprint density at radius 3 is 2.20 bits per heavy atom. The van der Waals surface area contributed by atoms with Gasteiger partial charge in [-0.25, -0.2) is 0 Å². The van der Waals surface area contributed by atoms with Crippen molar-refractivity contribution in [3.63, 3.8) is 0 Å². The number of amides is 1. The van der Waals surface area contributed by atoms with Crippen molar-refractivity contribution in [3.8, 4) is 0 Å². The van der Waals surface area contributed by atoms with E-state index in [9.17, 15) is 4.79 Å². The molecule has 1 amide bonds. The quantitative estimate of drug-likeness (QED) is 0.680. The van der Waals surface area contributed by atoms with Crippen molar-refractivity contribution in [1.82, 2.24) is 5.32 Å². The maximum atomic E-state index is 11.7. The van der Waals surface area contributed by atoms with Crippen LogP contribution in [0.25, 0.3) is 0 Å². The predicted molar refractivity (Wildman–Crippen MR) is 64.5 cm³/mol. The summed E-state index contributed by atoms with van der Waals surface area (Å²) in [5.74, 6) is 0.755. The first-order valence-electron chi connectivity index (χ1n) is 6.07. The van der Waals surface area contributed by atoms with E-state index in [1.54, 1.807) is 0 Å². The minimum absolute atomic E-state index is 0.0341. The highest BCUT2D eigenvalue weighted by Gasteiger charge is 2.18. The van der Waals surface area contributed by atoms with Gasteiger partial charge in [-0.05, 0) is 25.8 Å². The summed E-state index contributed by atoms with van der Waals surface area (Å²) in [5, 5.41) is 3.07. The van der Waals surface area contributed by atoms with Crippen LogP contribution in [0.5, 0.6) is 0 Å². The van der Waals surface area contributed by atoms with Crippen LogP contribution < -0.4 is 11.1 Å². The summed E-state index contributed by atoms with van der Waals surface area (Å²) in [6, 6.07) is 0.271. The summed E-state index contributed by atoms with van der Waals surface area (Å²) >= 11 is 0. The molecular formula is C12H26N2O. The van der Waals surface area contributed by atoms with E-state index in [0.29, 0.717) is 12.5 Å². The summed E-state index contributed by atoms with van der Waals surface area (Å²) in [6.07, 6.45) is 2.99. The van der Waals surface area contributed by atoms with Crippen LogP contribution in [0.2, 0.25) is 0 Å². The lowest BCUT2D eigenvalue weighted by Crippen LogP contribution is -2.40. The molecule has 0 aliphatic carbocycles. The molecule has 15 heavy (non-hydrogen) atoms. The smallest absolute Gasteiger partial charge is 0.223 e. The normalized spacial score (nSPS) is 15.1. The van der Waals surface area contributed by atoms with Gasteiger partial charge in [0.15, 0.2) is 0 Å². The Labute approximate surface area is 93.8 Å². The minimum atomic E-state index is 0.0341. The number of nitrogens with two attached hydrogens (primary N) is 1. The van der Waals surface area contributed by atoms with Crippen molar-refractivity contribution in [2.24, 2.45) is 17.6 Å². The summed E-state index contributed by atoms with van der Waals surface area (Å²) in [7, 11) is 0. The zero-order valence-corrected chi connectivity index (χ0v) is 10.5. The van der Waals surface area contributed by atoms with Gasteiger partial charge in [-0.3, -0.25) is 4.79 Å². The number of hydrogen-bond donors (Lipinski definition) is 2. The van der Waals surface area contributed by atoms with Crippen molar-refractivity contribution in [1.29, 1.82) is 0 Å². The van der Waals surface area contributed by atoms with Gasteiger partial charge >= 0.3 is 0 Å². The van der Waals surface area contributed by atoms with E-state index in [2.05, 4.69) is 26.1 Å². The zero-order chi connectivity index (χ0) is 11.8. The van der Waals surface area contributed by atoms with E-state index in [1.165, 1.54) is 0 Å². The number of carbonyl (C=O) groups is 1. The molecule has 0 saturated carbocycles. The topological polar surface area (TPSA) is 55.1 Å². The van der Waals surface area contributed by atoms with Gasteiger partial charge < -0.3 is 11.1 Å². The predicted octanol–water partition coefficient (Wildman–Crippen LogP) is 1.91. The van der Waals surface area contributed by atoms with Crippen molar-refractivity contribution in [2.45, 2.75) is 53.0 Å². The molecule has 0 aromatic heterocycles. The second kappa shape index (κ2) is 7.69. The first-order valence-corrected chi connectivity index (χ1v) is 6.07. The highest BCUT2D eigenvalue weighted by Crippen LogP contribution is 2.13. The standard InChI is InChI=1S/C12H26N2O/c1-5-11(6-2)10(4)14-12(15)9(3)7-8-13/h9-11H,5-8,13H2,1-4H3,(H,14,15). The third kappa shape index (κ3) is 5.17. The monoisotopic (exact) mass is 214 g/mol. The molecule has 0 heterocycles. The molecule has 0 aliphatic heterocycles. The molecule has 0 aromatic carbocycles. The Morgan fingerprint density at radius 2 is 1.80 bits per heavy atom. The second-order valence-electron chi connectivity index (χ2n) is 4.35. The van der Waals surface area contributed by atoms with Crippen molar-refractivity contribution >= 4 is 5.91 Å². The van der Waals surface area contributed by atoms with E-state index in [1.807, 2.05) is 6.92 Å². The molecule has 2 atom stereocenters. The molecule has 2 unspecified atom stereocenters. The Hall–Kier alpha value is -0.570. The Balaban J connectivity index is 4.04. The van der Waals surface area contributed by atoms with Crippen molar-refractivity contribution < 1.29 is 4.79 Å². The molecule has 0 fully saturated rings. The lowest BCUT2D eigenvalue weighted by atomic mass is 9.95. The average molecular weight is 214 g/mol. The summed E-state index contributed by atoms with van der Waals surface area (Å²) in [6.45, 7) is 8.93. The molecule has 0 bridgehead atoms. The number of carbonyl (C=O) groups excluding carboxylic acids is 1. The van der Waals surface area contributed by atoms with E-state index < -0.39 is 0 Å². The average Bonchev–Trinajstić information content (AvgIpc) is 2.19. The SMILES string of the molecule is CCC(CC)C(C)NC(=O)C(C)CCN. The van der Waals surface area contributed by atoms with Gasteiger partial charge in [0, 0.05) is 12.0 Å². The van der Waals surface area contributed by atoms with Crippen LogP contribution in [0.4, 0.5) is 0 Å². The van der Waals surface area contributed by atoms with Gasteiger partial charge in [0.05, 0.1) is 0 Å². The fraction of sp³-hybridized carbons (Fsp3) is 0.917. The molecule has 3 N–H and O–H groups in total.